The summed E-state index contributed by atoms with van der Waals surface area (Å²) in [4.78, 5) is 0. The lowest BCUT2D eigenvalue weighted by atomic mass is 10.1. The third-order valence-electron chi connectivity index (χ3n) is 3.19. The van der Waals surface area contributed by atoms with Crippen molar-refractivity contribution < 1.29 is 8.42 Å². The summed E-state index contributed by atoms with van der Waals surface area (Å²) in [6.07, 6.45) is 1.20. The van der Waals surface area contributed by atoms with Gasteiger partial charge in [-0.3, -0.25) is 0 Å². The molecule has 1 heterocycles. The summed E-state index contributed by atoms with van der Waals surface area (Å²) < 4.78 is 22.6. The Morgan fingerprint density at radius 1 is 1.20 bits per heavy atom. The van der Waals surface area contributed by atoms with E-state index in [0.29, 0.717) is 10.0 Å². The molecule has 0 N–H and O–H groups in total. The highest BCUT2D eigenvalue weighted by molar-refractivity contribution is 7.91. The van der Waals surface area contributed by atoms with Crippen LogP contribution in [-0.2, 0) is 14.6 Å². The number of sulfone groups is 1. The van der Waals surface area contributed by atoms with Gasteiger partial charge in [-0.2, -0.15) is 0 Å². The number of halogens is 1. The third kappa shape index (κ3) is 2.87. The summed E-state index contributed by atoms with van der Waals surface area (Å²) in [7, 11) is -3.27. The zero-order chi connectivity index (χ0) is 15.0. The lowest BCUT2D eigenvalue weighted by Gasteiger charge is -2.18. The Morgan fingerprint density at radius 2 is 1.80 bits per heavy atom. The van der Waals surface area contributed by atoms with Gasteiger partial charge < -0.3 is 0 Å². The fourth-order valence-electron chi connectivity index (χ4n) is 1.50. The second-order valence-electron chi connectivity index (χ2n) is 5.00. The molecule has 0 fully saturated rings. The van der Waals surface area contributed by atoms with Gasteiger partial charge in [-0.05, 0) is 19.4 Å². The minimum absolute atomic E-state index is 0.419. The van der Waals surface area contributed by atoms with Crippen LogP contribution in [0, 0.1) is 0 Å². The average molecular weight is 331 g/mol. The Labute approximate surface area is 127 Å². The van der Waals surface area contributed by atoms with Crippen molar-refractivity contribution in [3.8, 4) is 0 Å². The van der Waals surface area contributed by atoms with Gasteiger partial charge in [0.25, 0.3) is 0 Å². The molecule has 0 saturated carbocycles. The highest BCUT2D eigenvalue weighted by atomic mass is 35.5. The molecule has 0 radical (unpaired) electrons. The molecule has 1 unspecified atom stereocenters. The molecule has 2 rings (SSSR count). The summed E-state index contributed by atoms with van der Waals surface area (Å²) >= 11 is 7.60. The lowest BCUT2D eigenvalue weighted by Crippen LogP contribution is -2.27. The smallest absolute Gasteiger partial charge is 0.159 e. The Hall–Kier alpha value is -0.980. The van der Waals surface area contributed by atoms with Crippen LogP contribution in [0.1, 0.15) is 34.8 Å². The van der Waals surface area contributed by atoms with Crippen LogP contribution >= 0.6 is 22.9 Å². The highest BCUT2D eigenvalue weighted by Gasteiger charge is 2.36. The molecule has 20 heavy (non-hydrogen) atoms. The molecule has 1 atom stereocenters. The van der Waals surface area contributed by atoms with E-state index in [2.05, 4.69) is 10.2 Å². The van der Waals surface area contributed by atoms with Gasteiger partial charge in [0.15, 0.2) is 9.84 Å². The fourth-order valence-corrected chi connectivity index (χ4v) is 3.61. The van der Waals surface area contributed by atoms with Crippen LogP contribution in [0.15, 0.2) is 30.3 Å². The largest absolute Gasteiger partial charge is 0.228 e. The predicted octanol–water partition coefficient (Wildman–Crippen LogP) is 3.15. The van der Waals surface area contributed by atoms with Crippen molar-refractivity contribution in [2.24, 2.45) is 0 Å². The Balaban J connectivity index is 2.35. The van der Waals surface area contributed by atoms with E-state index in [1.54, 1.807) is 13.8 Å². The molecule has 0 saturated heterocycles. The minimum Gasteiger partial charge on any atom is -0.228 e. The molecule has 108 valence electrons. The summed E-state index contributed by atoms with van der Waals surface area (Å²) in [6, 6.07) is 9.51. The molecule has 7 heteroatoms. The highest BCUT2D eigenvalue weighted by Crippen LogP contribution is 2.36. The van der Waals surface area contributed by atoms with Gasteiger partial charge in [-0.25, -0.2) is 8.42 Å². The molecular formula is C13H15ClN2O2S2. The molecule has 0 aliphatic heterocycles. The van der Waals surface area contributed by atoms with Crippen molar-refractivity contribution in [2.75, 3.05) is 6.26 Å². The zero-order valence-electron chi connectivity index (χ0n) is 11.4. The summed E-state index contributed by atoms with van der Waals surface area (Å²) in [5.74, 6) is 0. The fraction of sp³-hybridized carbons (Fsp3) is 0.385. The van der Waals surface area contributed by atoms with E-state index in [4.69, 9.17) is 11.6 Å². The van der Waals surface area contributed by atoms with Gasteiger partial charge in [0.2, 0.25) is 0 Å². The Bertz CT molecular complexity index is 696. The van der Waals surface area contributed by atoms with Crippen molar-refractivity contribution in [1.82, 2.24) is 10.2 Å². The van der Waals surface area contributed by atoms with E-state index < -0.39 is 20.0 Å². The average Bonchev–Trinajstić information content (AvgIpc) is 2.87. The third-order valence-corrected chi connectivity index (χ3v) is 7.27. The molecule has 1 aromatic heterocycles. The Morgan fingerprint density at radius 3 is 2.35 bits per heavy atom. The monoisotopic (exact) mass is 330 g/mol. The molecule has 0 aliphatic carbocycles. The van der Waals surface area contributed by atoms with Crippen LogP contribution < -0.4 is 0 Å². The lowest BCUT2D eigenvalue weighted by molar-refractivity contribution is 0.559. The van der Waals surface area contributed by atoms with Crippen molar-refractivity contribution in [3.63, 3.8) is 0 Å². The van der Waals surface area contributed by atoms with E-state index in [9.17, 15) is 8.42 Å². The SMILES string of the molecule is CC(C)(c1nnc(C(Cl)c2ccccc2)s1)S(C)(=O)=O. The van der Waals surface area contributed by atoms with Crippen molar-refractivity contribution >= 4 is 32.8 Å². The van der Waals surface area contributed by atoms with E-state index in [1.165, 1.54) is 17.6 Å². The molecular weight excluding hydrogens is 316 g/mol. The molecule has 2 aromatic rings. The zero-order valence-corrected chi connectivity index (χ0v) is 13.8. The van der Waals surface area contributed by atoms with Gasteiger partial charge in [-0.1, -0.05) is 41.7 Å². The minimum atomic E-state index is -3.27. The molecule has 0 aliphatic rings. The normalized spacial score (nSPS) is 14.2. The van der Waals surface area contributed by atoms with E-state index in [0.717, 1.165) is 5.56 Å². The van der Waals surface area contributed by atoms with E-state index in [-0.39, 0.29) is 0 Å². The summed E-state index contributed by atoms with van der Waals surface area (Å²) in [5, 5.41) is 8.69. The second-order valence-corrected chi connectivity index (χ2v) is 9.01. The first-order chi connectivity index (χ1) is 9.23. The topological polar surface area (TPSA) is 59.9 Å². The second kappa shape index (κ2) is 5.42. The van der Waals surface area contributed by atoms with Gasteiger partial charge >= 0.3 is 0 Å². The van der Waals surface area contributed by atoms with Gasteiger partial charge in [0, 0.05) is 6.26 Å². The number of alkyl halides is 1. The molecule has 0 spiro atoms. The number of hydrogen-bond acceptors (Lipinski definition) is 5. The maximum atomic E-state index is 11.8. The number of benzene rings is 1. The summed E-state index contributed by atoms with van der Waals surface area (Å²) in [6.45, 7) is 3.25. The molecule has 4 nitrogen and oxygen atoms in total. The van der Waals surface area contributed by atoms with Gasteiger partial charge in [0.1, 0.15) is 20.1 Å². The van der Waals surface area contributed by atoms with Crippen molar-refractivity contribution in [2.45, 2.75) is 24.0 Å². The first kappa shape index (κ1) is 15.4. The maximum Gasteiger partial charge on any atom is 0.159 e. The van der Waals surface area contributed by atoms with Crippen molar-refractivity contribution in [1.29, 1.82) is 0 Å². The van der Waals surface area contributed by atoms with Gasteiger partial charge in [-0.15, -0.1) is 21.8 Å². The molecule has 1 aromatic carbocycles. The number of nitrogens with zero attached hydrogens (tertiary/aromatic N) is 2. The first-order valence-electron chi connectivity index (χ1n) is 5.96. The van der Waals surface area contributed by atoms with Crippen LogP contribution in [-0.4, -0.2) is 24.9 Å². The van der Waals surface area contributed by atoms with Crippen LogP contribution in [0.4, 0.5) is 0 Å². The van der Waals surface area contributed by atoms with E-state index >= 15 is 0 Å². The number of rotatable bonds is 4. The number of hydrogen-bond donors (Lipinski definition) is 0. The van der Waals surface area contributed by atoms with Crippen LogP contribution in [0.25, 0.3) is 0 Å². The van der Waals surface area contributed by atoms with Gasteiger partial charge in [0.05, 0.1) is 0 Å². The van der Waals surface area contributed by atoms with E-state index in [1.807, 2.05) is 30.3 Å². The standard InChI is InChI=1S/C13H15ClN2O2S2/c1-13(2,20(3,17)18)12-16-15-11(19-12)10(14)9-7-5-4-6-8-9/h4-8,10H,1-3H3. The Kier molecular flexibility index (Phi) is 4.18. The predicted molar refractivity (Wildman–Crippen MR) is 81.9 cm³/mol. The van der Waals surface area contributed by atoms with Crippen molar-refractivity contribution in [3.05, 3.63) is 45.9 Å². The first-order valence-corrected chi connectivity index (χ1v) is 9.10. The quantitative estimate of drug-likeness (QED) is 0.808. The maximum absolute atomic E-state index is 11.8. The van der Waals surface area contributed by atoms with Crippen LogP contribution in [0.5, 0.6) is 0 Å². The van der Waals surface area contributed by atoms with Crippen LogP contribution in [0.2, 0.25) is 0 Å². The number of aromatic nitrogens is 2. The summed E-state index contributed by atoms with van der Waals surface area (Å²) in [5.41, 5.74) is 0.911. The molecule has 0 bridgehead atoms. The molecule has 0 amide bonds. The van der Waals surface area contributed by atoms with Crippen LogP contribution in [0.3, 0.4) is 0 Å².